The summed E-state index contributed by atoms with van der Waals surface area (Å²) in [6.07, 6.45) is 5.58. The van der Waals surface area contributed by atoms with Crippen molar-refractivity contribution in [1.82, 2.24) is 15.2 Å². The normalized spacial score (nSPS) is 11.4. The maximum absolute atomic E-state index is 11.8. The first kappa shape index (κ1) is 13.9. The van der Waals surface area contributed by atoms with Gasteiger partial charge < -0.3 is 0 Å². The lowest BCUT2D eigenvalue weighted by Gasteiger charge is -2.07. The molecule has 5 heteroatoms. The third-order valence-electron chi connectivity index (χ3n) is 3.19. The third kappa shape index (κ3) is 3.32. The number of pyridine rings is 1. The van der Waals surface area contributed by atoms with Gasteiger partial charge in [0, 0.05) is 25.0 Å². The van der Waals surface area contributed by atoms with E-state index in [1.807, 2.05) is 42.5 Å². The number of rotatable bonds is 4. The van der Waals surface area contributed by atoms with Crippen LogP contribution in [-0.2, 0) is 6.42 Å². The second kappa shape index (κ2) is 6.58. The number of aromatic amines is 1. The number of H-pyrrole nitrogens is 1. The average Bonchev–Trinajstić information content (AvgIpc) is 2.58. The number of hydrogen-bond acceptors (Lipinski definition) is 4. The summed E-state index contributed by atoms with van der Waals surface area (Å²) in [7, 11) is 0. The molecule has 2 heterocycles. The van der Waals surface area contributed by atoms with Crippen LogP contribution in [0.15, 0.2) is 76.9 Å². The summed E-state index contributed by atoms with van der Waals surface area (Å²) in [6, 6.07) is 15.4. The molecule has 0 aliphatic rings. The highest BCUT2D eigenvalue weighted by Gasteiger charge is 2.07. The molecule has 3 aromatic rings. The lowest BCUT2D eigenvalue weighted by atomic mass is 10.0. The van der Waals surface area contributed by atoms with Crippen LogP contribution < -0.4 is 5.56 Å². The van der Waals surface area contributed by atoms with Crippen molar-refractivity contribution < 1.29 is 0 Å². The van der Waals surface area contributed by atoms with Gasteiger partial charge >= 0.3 is 0 Å². The van der Waals surface area contributed by atoms with Crippen LogP contribution in [-0.4, -0.2) is 20.9 Å². The van der Waals surface area contributed by atoms with E-state index in [2.05, 4.69) is 20.2 Å². The zero-order valence-corrected chi connectivity index (χ0v) is 11.8. The molecule has 0 radical (unpaired) electrons. The van der Waals surface area contributed by atoms with Crippen LogP contribution >= 0.6 is 0 Å². The summed E-state index contributed by atoms with van der Waals surface area (Å²) in [5.41, 5.74) is 2.92. The minimum absolute atomic E-state index is 0.304. The molecule has 2 aromatic heterocycles. The fraction of sp³-hybridized carbons (Fsp3) is 0.0588. The van der Waals surface area contributed by atoms with Crippen LogP contribution in [0.5, 0.6) is 0 Å². The number of nitrogens with one attached hydrogen (secondary N) is 1. The number of aliphatic imine (C=N–C) groups is 1. The lowest BCUT2D eigenvalue weighted by Crippen LogP contribution is -2.10. The Morgan fingerprint density at radius 3 is 2.50 bits per heavy atom. The van der Waals surface area contributed by atoms with E-state index in [0.717, 1.165) is 16.8 Å². The Kier molecular flexibility index (Phi) is 4.15. The first-order chi connectivity index (χ1) is 10.8. The van der Waals surface area contributed by atoms with E-state index in [4.69, 9.17) is 0 Å². The monoisotopic (exact) mass is 290 g/mol. The van der Waals surface area contributed by atoms with Crippen LogP contribution in [0.25, 0.3) is 0 Å². The van der Waals surface area contributed by atoms with Crippen molar-refractivity contribution in [3.8, 4) is 0 Å². The highest BCUT2D eigenvalue weighted by atomic mass is 16.1. The van der Waals surface area contributed by atoms with Crippen molar-refractivity contribution in [1.29, 1.82) is 0 Å². The number of nitrogens with zero attached hydrogens (tertiary/aromatic N) is 3. The molecule has 0 spiro atoms. The molecule has 0 saturated heterocycles. The van der Waals surface area contributed by atoms with Crippen molar-refractivity contribution in [2.24, 2.45) is 4.99 Å². The summed E-state index contributed by atoms with van der Waals surface area (Å²) >= 11 is 0. The van der Waals surface area contributed by atoms with E-state index in [1.54, 1.807) is 18.5 Å². The standard InChI is InChI=1S/C17H14N4O/c22-17-15(8-11-19-21-17)20-16(14-6-9-18-10-7-14)12-13-4-2-1-3-5-13/h1-11H,12H2,(H,21,22). The molecule has 0 atom stereocenters. The van der Waals surface area contributed by atoms with Gasteiger partial charge in [0.05, 0.1) is 5.71 Å². The first-order valence-corrected chi connectivity index (χ1v) is 6.88. The lowest BCUT2D eigenvalue weighted by molar-refractivity contribution is 0.986. The Morgan fingerprint density at radius 2 is 1.77 bits per heavy atom. The van der Waals surface area contributed by atoms with Gasteiger partial charge in [-0.15, -0.1) is 0 Å². The van der Waals surface area contributed by atoms with E-state index in [9.17, 15) is 4.79 Å². The second-order valence-corrected chi connectivity index (χ2v) is 4.73. The molecule has 5 nitrogen and oxygen atoms in total. The second-order valence-electron chi connectivity index (χ2n) is 4.73. The zero-order valence-electron chi connectivity index (χ0n) is 11.8. The predicted molar refractivity (Wildman–Crippen MR) is 85.4 cm³/mol. The smallest absolute Gasteiger partial charge is 0.266 e. The van der Waals surface area contributed by atoms with Gasteiger partial charge in [0.15, 0.2) is 0 Å². The Labute approximate surface area is 127 Å². The molecule has 1 aromatic carbocycles. The Hall–Kier alpha value is -3.08. The van der Waals surface area contributed by atoms with Crippen LogP contribution in [0.2, 0.25) is 0 Å². The third-order valence-corrected chi connectivity index (χ3v) is 3.19. The number of benzene rings is 1. The van der Waals surface area contributed by atoms with E-state index >= 15 is 0 Å². The fourth-order valence-corrected chi connectivity index (χ4v) is 2.11. The summed E-state index contributed by atoms with van der Waals surface area (Å²) < 4.78 is 0. The molecule has 108 valence electrons. The molecule has 3 rings (SSSR count). The minimum Gasteiger partial charge on any atom is -0.266 e. The van der Waals surface area contributed by atoms with Crippen molar-refractivity contribution in [3.63, 3.8) is 0 Å². The molecule has 0 bridgehead atoms. The van der Waals surface area contributed by atoms with Crippen LogP contribution in [0.1, 0.15) is 11.1 Å². The summed E-state index contributed by atoms with van der Waals surface area (Å²) in [5.74, 6) is 0. The maximum Gasteiger partial charge on any atom is 0.290 e. The van der Waals surface area contributed by atoms with E-state index < -0.39 is 0 Å². The fourth-order valence-electron chi connectivity index (χ4n) is 2.11. The topological polar surface area (TPSA) is 71.0 Å². The number of hydrogen-bond donors (Lipinski definition) is 1. The SMILES string of the molecule is O=c1[nH]nccc1N=C(Cc1ccccc1)c1ccncc1. The molecule has 0 aliphatic carbocycles. The minimum atomic E-state index is -0.304. The van der Waals surface area contributed by atoms with Crippen molar-refractivity contribution in [3.05, 3.63) is 88.6 Å². The molecule has 0 aliphatic heterocycles. The van der Waals surface area contributed by atoms with Gasteiger partial charge in [-0.1, -0.05) is 30.3 Å². The zero-order chi connectivity index (χ0) is 15.2. The summed E-state index contributed by atoms with van der Waals surface area (Å²) in [4.78, 5) is 20.4. The van der Waals surface area contributed by atoms with Gasteiger partial charge in [-0.25, -0.2) is 10.1 Å². The van der Waals surface area contributed by atoms with E-state index in [1.165, 1.54) is 6.20 Å². The van der Waals surface area contributed by atoms with Gasteiger partial charge in [-0.3, -0.25) is 9.78 Å². The number of aromatic nitrogens is 3. The van der Waals surface area contributed by atoms with Crippen molar-refractivity contribution in [2.45, 2.75) is 6.42 Å². The molecule has 0 amide bonds. The Bertz CT molecular complexity index is 826. The van der Waals surface area contributed by atoms with Crippen LogP contribution in [0.3, 0.4) is 0 Å². The Balaban J connectivity index is 2.04. The molecule has 0 saturated carbocycles. The van der Waals surface area contributed by atoms with E-state index in [-0.39, 0.29) is 5.56 Å². The predicted octanol–water partition coefficient (Wildman–Crippen LogP) is 2.53. The molecule has 22 heavy (non-hydrogen) atoms. The van der Waals surface area contributed by atoms with Crippen LogP contribution in [0.4, 0.5) is 5.69 Å². The van der Waals surface area contributed by atoms with Crippen molar-refractivity contribution >= 4 is 11.4 Å². The molecular weight excluding hydrogens is 276 g/mol. The summed E-state index contributed by atoms with van der Waals surface area (Å²) in [6.45, 7) is 0. The molecule has 0 unspecified atom stereocenters. The maximum atomic E-state index is 11.8. The quantitative estimate of drug-likeness (QED) is 0.750. The largest absolute Gasteiger partial charge is 0.290 e. The highest BCUT2D eigenvalue weighted by molar-refractivity contribution is 6.03. The summed E-state index contributed by atoms with van der Waals surface area (Å²) in [5, 5.41) is 6.09. The molecule has 1 N–H and O–H groups in total. The van der Waals surface area contributed by atoms with Gasteiger partial charge in [0.2, 0.25) is 0 Å². The van der Waals surface area contributed by atoms with Gasteiger partial charge in [0.25, 0.3) is 5.56 Å². The molecule has 0 fully saturated rings. The average molecular weight is 290 g/mol. The van der Waals surface area contributed by atoms with Crippen molar-refractivity contribution in [2.75, 3.05) is 0 Å². The van der Waals surface area contributed by atoms with Gasteiger partial charge in [-0.2, -0.15) is 5.10 Å². The highest BCUT2D eigenvalue weighted by Crippen LogP contribution is 2.12. The van der Waals surface area contributed by atoms with E-state index in [0.29, 0.717) is 12.1 Å². The first-order valence-electron chi connectivity index (χ1n) is 6.88. The van der Waals surface area contributed by atoms with Gasteiger partial charge in [-0.05, 0) is 29.3 Å². The van der Waals surface area contributed by atoms with Gasteiger partial charge in [0.1, 0.15) is 5.69 Å². The molecular formula is C17H14N4O. The van der Waals surface area contributed by atoms with Crippen LogP contribution in [0, 0.1) is 0 Å². The Morgan fingerprint density at radius 1 is 1.00 bits per heavy atom.